The summed E-state index contributed by atoms with van der Waals surface area (Å²) in [6, 6.07) is 12.9. The van der Waals surface area contributed by atoms with Crippen molar-refractivity contribution in [2.24, 2.45) is 0 Å². The normalized spacial score (nSPS) is 11.9. The van der Waals surface area contributed by atoms with Crippen molar-refractivity contribution in [2.45, 2.75) is 6.10 Å². The quantitative estimate of drug-likeness (QED) is 0.608. The van der Waals surface area contributed by atoms with Gasteiger partial charge in [0.05, 0.1) is 0 Å². The van der Waals surface area contributed by atoms with Gasteiger partial charge in [0.25, 0.3) is 0 Å². The molecule has 1 atom stereocenters. The molecule has 0 aliphatic rings. The maximum absolute atomic E-state index is 9.81. The largest absolute Gasteiger partial charge is 0.491 e. The number of nitrogens with one attached hydrogen (secondary N) is 2. The summed E-state index contributed by atoms with van der Waals surface area (Å²) in [5.41, 5.74) is 0. The highest BCUT2D eigenvalue weighted by atomic mass is 35.5. The van der Waals surface area contributed by atoms with E-state index in [0.717, 1.165) is 5.75 Å². The Morgan fingerprint density at radius 3 is 2.64 bits per heavy atom. The third-order valence-electron chi connectivity index (χ3n) is 2.81. The smallest absolute Gasteiger partial charge is 0.151 e. The van der Waals surface area contributed by atoms with E-state index in [-0.39, 0.29) is 6.61 Å². The van der Waals surface area contributed by atoms with E-state index >= 15 is 0 Å². The molecule has 0 fully saturated rings. The van der Waals surface area contributed by atoms with Gasteiger partial charge in [-0.1, -0.05) is 29.8 Å². The summed E-state index contributed by atoms with van der Waals surface area (Å²) >= 11 is 5.65. The van der Waals surface area contributed by atoms with E-state index < -0.39 is 6.10 Å². The van der Waals surface area contributed by atoms with Crippen LogP contribution in [-0.2, 0) is 0 Å². The Balaban J connectivity index is 1.53. The van der Waals surface area contributed by atoms with Crippen LogP contribution in [0.5, 0.6) is 5.75 Å². The van der Waals surface area contributed by atoms with Gasteiger partial charge < -0.3 is 20.5 Å². The Hall–Kier alpha value is -1.89. The zero-order valence-electron chi connectivity index (χ0n) is 12.1. The number of hydrogen-bond donors (Lipinski definition) is 3. The van der Waals surface area contributed by atoms with Crippen LogP contribution in [0, 0.1) is 0 Å². The van der Waals surface area contributed by atoms with Gasteiger partial charge in [0.1, 0.15) is 24.3 Å². The summed E-state index contributed by atoms with van der Waals surface area (Å²) in [4.78, 5) is 0. The van der Waals surface area contributed by atoms with E-state index in [0.29, 0.717) is 30.6 Å². The Labute approximate surface area is 134 Å². The molecule has 1 heterocycles. The number of aliphatic hydroxyl groups excluding tert-OH is 1. The van der Waals surface area contributed by atoms with Crippen molar-refractivity contribution in [1.29, 1.82) is 0 Å². The van der Waals surface area contributed by atoms with Crippen LogP contribution < -0.4 is 15.4 Å². The average molecular weight is 323 g/mol. The van der Waals surface area contributed by atoms with Crippen LogP contribution in [0.15, 0.2) is 42.5 Å². The molecule has 1 aromatic carbocycles. The van der Waals surface area contributed by atoms with Gasteiger partial charge in [-0.15, -0.1) is 10.2 Å². The van der Waals surface area contributed by atoms with Crippen LogP contribution in [0.4, 0.5) is 5.82 Å². The van der Waals surface area contributed by atoms with Crippen molar-refractivity contribution < 1.29 is 9.84 Å². The van der Waals surface area contributed by atoms with Crippen LogP contribution >= 0.6 is 11.6 Å². The van der Waals surface area contributed by atoms with Crippen LogP contribution in [-0.4, -0.2) is 47.6 Å². The first-order valence-corrected chi connectivity index (χ1v) is 7.41. The molecule has 3 N–H and O–H groups in total. The molecule has 0 aliphatic carbocycles. The fourth-order valence-corrected chi connectivity index (χ4v) is 1.83. The monoisotopic (exact) mass is 322 g/mol. The van der Waals surface area contributed by atoms with E-state index in [1.54, 1.807) is 12.1 Å². The highest BCUT2D eigenvalue weighted by Crippen LogP contribution is 2.08. The molecule has 6 nitrogen and oxygen atoms in total. The van der Waals surface area contributed by atoms with Crippen LogP contribution in [0.1, 0.15) is 0 Å². The predicted molar refractivity (Wildman–Crippen MR) is 86.3 cm³/mol. The minimum Gasteiger partial charge on any atom is -0.491 e. The first-order chi connectivity index (χ1) is 10.7. The topological polar surface area (TPSA) is 79.3 Å². The Morgan fingerprint density at radius 2 is 1.91 bits per heavy atom. The minimum atomic E-state index is -0.560. The molecule has 0 aliphatic heterocycles. The second kappa shape index (κ2) is 9.19. The molecular formula is C15H19ClN4O2. The maximum atomic E-state index is 9.81. The lowest BCUT2D eigenvalue weighted by Crippen LogP contribution is -2.34. The van der Waals surface area contributed by atoms with Crippen molar-refractivity contribution in [3.05, 3.63) is 47.6 Å². The number of ether oxygens (including phenoxy) is 1. The maximum Gasteiger partial charge on any atom is 0.151 e. The number of aromatic nitrogens is 2. The molecular weight excluding hydrogens is 304 g/mol. The number of para-hydroxylation sites is 1. The summed E-state index contributed by atoms with van der Waals surface area (Å²) in [5.74, 6) is 1.42. The number of nitrogens with zero attached hydrogens (tertiary/aromatic N) is 2. The molecule has 0 saturated heterocycles. The van der Waals surface area contributed by atoms with E-state index in [2.05, 4.69) is 20.8 Å². The van der Waals surface area contributed by atoms with Gasteiger partial charge in [-0.25, -0.2) is 0 Å². The summed E-state index contributed by atoms with van der Waals surface area (Å²) in [5, 5.41) is 24.0. The van der Waals surface area contributed by atoms with E-state index in [9.17, 15) is 5.11 Å². The highest BCUT2D eigenvalue weighted by Gasteiger charge is 2.04. The second-order valence-electron chi connectivity index (χ2n) is 4.65. The number of benzene rings is 1. The third-order valence-corrected chi connectivity index (χ3v) is 3.01. The summed E-state index contributed by atoms with van der Waals surface area (Å²) in [6.45, 7) is 2.07. The Morgan fingerprint density at radius 1 is 1.09 bits per heavy atom. The average Bonchev–Trinajstić information content (AvgIpc) is 2.55. The summed E-state index contributed by atoms with van der Waals surface area (Å²) < 4.78 is 5.47. The molecule has 0 spiro atoms. The number of rotatable bonds is 9. The molecule has 1 unspecified atom stereocenters. The van der Waals surface area contributed by atoms with E-state index in [1.165, 1.54) is 0 Å². The Bertz CT molecular complexity index is 539. The fraction of sp³-hybridized carbons (Fsp3) is 0.333. The SMILES string of the molecule is OC(CNCCNc1ccc(Cl)nn1)COc1ccccc1. The van der Waals surface area contributed by atoms with Gasteiger partial charge in [-0.3, -0.25) is 0 Å². The summed E-state index contributed by atoms with van der Waals surface area (Å²) in [6.07, 6.45) is -0.560. The van der Waals surface area contributed by atoms with Gasteiger partial charge in [0.15, 0.2) is 5.15 Å². The number of hydrogen-bond acceptors (Lipinski definition) is 6. The van der Waals surface area contributed by atoms with Gasteiger partial charge in [-0.05, 0) is 24.3 Å². The van der Waals surface area contributed by atoms with Crippen molar-refractivity contribution >= 4 is 17.4 Å². The number of anilines is 1. The van der Waals surface area contributed by atoms with Gasteiger partial charge >= 0.3 is 0 Å². The standard InChI is InChI=1S/C15H19ClN4O2/c16-14-6-7-15(20-19-14)18-9-8-17-10-12(21)11-22-13-4-2-1-3-5-13/h1-7,12,17,21H,8-11H2,(H,18,20). The first kappa shape index (κ1) is 16.5. The molecule has 2 rings (SSSR count). The van der Waals surface area contributed by atoms with E-state index in [4.69, 9.17) is 16.3 Å². The molecule has 118 valence electrons. The highest BCUT2D eigenvalue weighted by molar-refractivity contribution is 6.29. The number of halogens is 1. The lowest BCUT2D eigenvalue weighted by Gasteiger charge is -2.13. The first-order valence-electron chi connectivity index (χ1n) is 7.04. The van der Waals surface area contributed by atoms with Crippen LogP contribution in [0.2, 0.25) is 5.15 Å². The molecule has 0 amide bonds. The lowest BCUT2D eigenvalue weighted by atomic mass is 10.3. The van der Waals surface area contributed by atoms with Gasteiger partial charge in [-0.2, -0.15) is 0 Å². The molecule has 22 heavy (non-hydrogen) atoms. The second-order valence-corrected chi connectivity index (χ2v) is 5.04. The van der Waals surface area contributed by atoms with Crippen LogP contribution in [0.3, 0.4) is 0 Å². The molecule has 1 aromatic heterocycles. The predicted octanol–water partition coefficient (Wildman–Crippen LogP) is 1.57. The van der Waals surface area contributed by atoms with Gasteiger partial charge in [0, 0.05) is 19.6 Å². The van der Waals surface area contributed by atoms with Crippen molar-refractivity contribution in [2.75, 3.05) is 31.6 Å². The van der Waals surface area contributed by atoms with Crippen LogP contribution in [0.25, 0.3) is 0 Å². The van der Waals surface area contributed by atoms with Crippen molar-refractivity contribution in [3.8, 4) is 5.75 Å². The zero-order valence-corrected chi connectivity index (χ0v) is 12.8. The molecule has 7 heteroatoms. The zero-order chi connectivity index (χ0) is 15.6. The molecule has 0 radical (unpaired) electrons. The van der Waals surface area contributed by atoms with Gasteiger partial charge in [0.2, 0.25) is 0 Å². The van der Waals surface area contributed by atoms with Crippen molar-refractivity contribution in [1.82, 2.24) is 15.5 Å². The fourth-order valence-electron chi connectivity index (χ4n) is 1.73. The van der Waals surface area contributed by atoms with Crippen molar-refractivity contribution in [3.63, 3.8) is 0 Å². The molecule has 0 bridgehead atoms. The third kappa shape index (κ3) is 6.26. The number of aliphatic hydroxyl groups is 1. The van der Waals surface area contributed by atoms with E-state index in [1.807, 2.05) is 30.3 Å². The summed E-state index contributed by atoms with van der Waals surface area (Å²) in [7, 11) is 0. The lowest BCUT2D eigenvalue weighted by molar-refractivity contribution is 0.107. The Kier molecular flexibility index (Phi) is 6.89. The molecule has 2 aromatic rings. The molecule has 0 saturated carbocycles. The minimum absolute atomic E-state index is 0.257.